The lowest BCUT2D eigenvalue weighted by Crippen LogP contribution is -2.17. The first-order chi connectivity index (χ1) is 8.34. The van der Waals surface area contributed by atoms with Gasteiger partial charge in [-0.3, -0.25) is 0 Å². The fraction of sp³-hybridized carbons (Fsp3) is 0.250. The van der Waals surface area contributed by atoms with Gasteiger partial charge in [-0.05, 0) is 5.56 Å². The van der Waals surface area contributed by atoms with Crippen LogP contribution in [-0.2, 0) is 6.54 Å². The van der Waals surface area contributed by atoms with Gasteiger partial charge in [0.15, 0.2) is 5.82 Å². The van der Waals surface area contributed by atoms with Gasteiger partial charge in [-0.15, -0.1) is 5.10 Å². The summed E-state index contributed by atoms with van der Waals surface area (Å²) < 4.78 is 12.7. The van der Waals surface area contributed by atoms with Crippen molar-refractivity contribution in [3.8, 4) is 11.6 Å². The largest absolute Gasteiger partial charge is 0.482 e. The van der Waals surface area contributed by atoms with E-state index in [9.17, 15) is 0 Å². The number of hydrogen-bond donors (Lipinski definition) is 1. The minimum absolute atomic E-state index is 0.385. The maximum absolute atomic E-state index is 5.78. The highest BCUT2D eigenvalue weighted by Gasteiger charge is 2.22. The Balaban J connectivity index is 1.93. The second-order valence-electron chi connectivity index (χ2n) is 3.86. The van der Waals surface area contributed by atoms with E-state index in [0.29, 0.717) is 37.2 Å². The van der Waals surface area contributed by atoms with Crippen molar-refractivity contribution in [1.82, 2.24) is 9.78 Å². The van der Waals surface area contributed by atoms with Crippen LogP contribution in [0.1, 0.15) is 5.56 Å². The lowest BCUT2D eigenvalue weighted by molar-refractivity contribution is 0.160. The minimum atomic E-state index is 0.385. The summed E-state index contributed by atoms with van der Waals surface area (Å²) >= 11 is 0. The molecule has 1 aromatic heterocycles. The summed E-state index contributed by atoms with van der Waals surface area (Å²) in [6.45, 7) is 1.69. The lowest BCUT2D eigenvalue weighted by Gasteiger charge is -2.16. The molecule has 17 heavy (non-hydrogen) atoms. The van der Waals surface area contributed by atoms with Gasteiger partial charge in [-0.1, -0.05) is 30.3 Å². The van der Waals surface area contributed by atoms with Crippen molar-refractivity contribution in [2.45, 2.75) is 6.54 Å². The number of hydrogen-bond acceptors (Lipinski definition) is 4. The molecule has 1 aliphatic rings. The molecule has 0 aliphatic carbocycles. The van der Waals surface area contributed by atoms with E-state index in [-0.39, 0.29) is 0 Å². The molecule has 2 heterocycles. The molecule has 0 unspecified atom stereocenters. The molecular formula is C12H13N3O2. The normalized spacial score (nSPS) is 13.6. The third-order valence-corrected chi connectivity index (χ3v) is 2.63. The number of nitrogens with zero attached hydrogens (tertiary/aromatic N) is 2. The highest BCUT2D eigenvalue weighted by Crippen LogP contribution is 2.35. The molecule has 5 heteroatoms. The number of aromatic nitrogens is 2. The zero-order chi connectivity index (χ0) is 11.7. The van der Waals surface area contributed by atoms with E-state index in [1.54, 1.807) is 4.68 Å². The quantitative estimate of drug-likeness (QED) is 0.845. The number of nitrogen functional groups attached to an aromatic ring is 1. The molecule has 5 nitrogen and oxygen atoms in total. The van der Waals surface area contributed by atoms with E-state index < -0.39 is 0 Å². The van der Waals surface area contributed by atoms with Crippen molar-refractivity contribution in [1.29, 1.82) is 0 Å². The molecule has 2 N–H and O–H groups in total. The number of rotatable bonds is 2. The fourth-order valence-electron chi connectivity index (χ4n) is 1.87. The van der Waals surface area contributed by atoms with Crippen LogP contribution in [0, 0.1) is 0 Å². The Morgan fingerprint density at radius 3 is 2.76 bits per heavy atom. The molecule has 88 valence electrons. The number of nitrogens with two attached hydrogens (primary N) is 1. The van der Waals surface area contributed by atoms with E-state index in [0.717, 1.165) is 5.56 Å². The zero-order valence-corrected chi connectivity index (χ0v) is 9.30. The molecule has 0 radical (unpaired) electrons. The third kappa shape index (κ3) is 1.80. The highest BCUT2D eigenvalue weighted by molar-refractivity contribution is 5.54. The van der Waals surface area contributed by atoms with E-state index in [1.165, 1.54) is 0 Å². The zero-order valence-electron chi connectivity index (χ0n) is 9.30. The van der Waals surface area contributed by atoms with Crippen LogP contribution in [0.25, 0.3) is 0 Å². The van der Waals surface area contributed by atoms with Gasteiger partial charge in [-0.2, -0.15) is 0 Å². The number of fused-ring (bicyclic) bond motifs is 1. The molecule has 3 rings (SSSR count). The molecular weight excluding hydrogens is 218 g/mol. The van der Waals surface area contributed by atoms with Gasteiger partial charge in [0.05, 0.1) is 6.54 Å². The number of anilines is 1. The standard InChI is InChI=1S/C12H13N3O2/c13-11-10-12(17-7-6-16-10)15(14-11)8-9-4-2-1-3-5-9/h1-5H,6-8H2,(H2,13,14). The van der Waals surface area contributed by atoms with Gasteiger partial charge < -0.3 is 15.2 Å². The maximum Gasteiger partial charge on any atom is 0.258 e. The molecule has 0 saturated carbocycles. The number of ether oxygens (including phenoxy) is 2. The van der Waals surface area contributed by atoms with E-state index in [1.807, 2.05) is 30.3 Å². The van der Waals surface area contributed by atoms with Gasteiger partial charge in [0.2, 0.25) is 5.75 Å². The summed E-state index contributed by atoms with van der Waals surface area (Å²) in [5.41, 5.74) is 6.92. The summed E-state index contributed by atoms with van der Waals surface area (Å²) in [5, 5.41) is 4.23. The Kier molecular flexibility index (Phi) is 2.36. The second-order valence-corrected chi connectivity index (χ2v) is 3.86. The van der Waals surface area contributed by atoms with E-state index >= 15 is 0 Å². The van der Waals surface area contributed by atoms with Gasteiger partial charge in [0.1, 0.15) is 13.2 Å². The van der Waals surface area contributed by atoms with Crippen LogP contribution in [0.4, 0.5) is 5.82 Å². The number of benzene rings is 1. The first kappa shape index (κ1) is 10.0. The van der Waals surface area contributed by atoms with E-state index in [4.69, 9.17) is 15.2 Å². The molecule has 1 aliphatic heterocycles. The summed E-state index contributed by atoms with van der Waals surface area (Å²) in [7, 11) is 0. The van der Waals surface area contributed by atoms with Crippen molar-refractivity contribution < 1.29 is 9.47 Å². The molecule has 0 amide bonds. The highest BCUT2D eigenvalue weighted by atomic mass is 16.6. The predicted octanol–water partition coefficient (Wildman–Crippen LogP) is 1.28. The molecule has 0 saturated heterocycles. The average Bonchev–Trinajstić information content (AvgIpc) is 2.69. The van der Waals surface area contributed by atoms with Gasteiger partial charge in [-0.25, -0.2) is 4.68 Å². The molecule has 2 aromatic rings. The summed E-state index contributed by atoms with van der Waals surface area (Å²) in [6.07, 6.45) is 0. The van der Waals surface area contributed by atoms with Crippen LogP contribution in [-0.4, -0.2) is 23.0 Å². The van der Waals surface area contributed by atoms with Gasteiger partial charge >= 0.3 is 0 Å². The van der Waals surface area contributed by atoms with Crippen LogP contribution >= 0.6 is 0 Å². The second kappa shape index (κ2) is 4.01. The topological polar surface area (TPSA) is 62.3 Å². The molecule has 0 fully saturated rings. The van der Waals surface area contributed by atoms with Crippen LogP contribution < -0.4 is 15.2 Å². The van der Waals surface area contributed by atoms with Crippen molar-refractivity contribution in [2.75, 3.05) is 18.9 Å². The smallest absolute Gasteiger partial charge is 0.258 e. The van der Waals surface area contributed by atoms with Crippen LogP contribution in [0.15, 0.2) is 30.3 Å². The Bertz CT molecular complexity index is 522. The van der Waals surface area contributed by atoms with Crippen molar-refractivity contribution in [3.63, 3.8) is 0 Å². The van der Waals surface area contributed by atoms with E-state index in [2.05, 4.69) is 5.10 Å². The molecule has 0 spiro atoms. The average molecular weight is 231 g/mol. The fourth-order valence-corrected chi connectivity index (χ4v) is 1.87. The van der Waals surface area contributed by atoms with Crippen molar-refractivity contribution in [2.24, 2.45) is 0 Å². The summed E-state index contributed by atoms with van der Waals surface area (Å²) in [5.74, 6) is 1.57. The first-order valence-corrected chi connectivity index (χ1v) is 5.50. The van der Waals surface area contributed by atoms with Crippen LogP contribution in [0.2, 0.25) is 0 Å². The monoisotopic (exact) mass is 231 g/mol. The van der Waals surface area contributed by atoms with Crippen LogP contribution in [0.5, 0.6) is 11.6 Å². The van der Waals surface area contributed by atoms with Crippen molar-refractivity contribution >= 4 is 5.82 Å². The van der Waals surface area contributed by atoms with Crippen LogP contribution in [0.3, 0.4) is 0 Å². The Morgan fingerprint density at radius 1 is 1.18 bits per heavy atom. The van der Waals surface area contributed by atoms with Crippen molar-refractivity contribution in [3.05, 3.63) is 35.9 Å². The molecule has 0 atom stereocenters. The Hall–Kier alpha value is -2.17. The molecule has 0 bridgehead atoms. The minimum Gasteiger partial charge on any atom is -0.482 e. The summed E-state index contributed by atoms with van der Waals surface area (Å²) in [4.78, 5) is 0. The summed E-state index contributed by atoms with van der Waals surface area (Å²) in [6, 6.07) is 10.0. The SMILES string of the molecule is Nc1nn(Cc2ccccc2)c2c1OCCO2. The Morgan fingerprint density at radius 2 is 1.94 bits per heavy atom. The maximum atomic E-state index is 5.78. The van der Waals surface area contributed by atoms with Gasteiger partial charge in [0, 0.05) is 0 Å². The predicted molar refractivity (Wildman–Crippen MR) is 63.2 cm³/mol. The lowest BCUT2D eigenvalue weighted by atomic mass is 10.2. The Labute approximate surface area is 98.8 Å². The third-order valence-electron chi connectivity index (χ3n) is 2.63. The first-order valence-electron chi connectivity index (χ1n) is 5.50. The van der Waals surface area contributed by atoms with Gasteiger partial charge in [0.25, 0.3) is 5.88 Å². The molecule has 1 aromatic carbocycles.